The smallest absolute Gasteiger partial charge is 0.0821 e. The maximum Gasteiger partial charge on any atom is 0.0821 e. The van der Waals surface area contributed by atoms with Gasteiger partial charge >= 0.3 is 0 Å². The van der Waals surface area contributed by atoms with E-state index < -0.39 is 0 Å². The molecule has 2 rings (SSSR count). The third kappa shape index (κ3) is 2.26. The van der Waals surface area contributed by atoms with Crippen LogP contribution in [-0.4, -0.2) is 5.11 Å². The summed E-state index contributed by atoms with van der Waals surface area (Å²) in [6.45, 7) is 4.22. The maximum absolute atomic E-state index is 10.3. The van der Waals surface area contributed by atoms with E-state index in [1.54, 1.807) is 0 Å². The monoisotopic (exact) mass is 238 g/mol. The van der Waals surface area contributed by atoms with Crippen LogP contribution in [0.3, 0.4) is 0 Å². The van der Waals surface area contributed by atoms with Crippen LogP contribution >= 0.6 is 11.6 Å². The van der Waals surface area contributed by atoms with Gasteiger partial charge < -0.3 is 5.11 Å². The predicted octanol–water partition coefficient (Wildman–Crippen LogP) is 4.12. The average molecular weight is 239 g/mol. The quantitative estimate of drug-likeness (QED) is 0.822. The summed E-state index contributed by atoms with van der Waals surface area (Å²) in [5.74, 6) is 1.02. The van der Waals surface area contributed by atoms with Gasteiger partial charge in [-0.2, -0.15) is 0 Å². The van der Waals surface area contributed by atoms with Crippen LogP contribution in [0.5, 0.6) is 0 Å². The van der Waals surface area contributed by atoms with Crippen LogP contribution in [0.15, 0.2) is 18.2 Å². The Morgan fingerprint density at radius 2 is 2.12 bits per heavy atom. The number of halogens is 1. The van der Waals surface area contributed by atoms with E-state index in [1.807, 2.05) is 25.1 Å². The molecule has 1 nitrogen and oxygen atoms in total. The van der Waals surface area contributed by atoms with Gasteiger partial charge in [-0.3, -0.25) is 0 Å². The van der Waals surface area contributed by atoms with Crippen molar-refractivity contribution < 1.29 is 5.11 Å². The molecule has 1 aliphatic carbocycles. The fraction of sp³-hybridized carbons (Fsp3) is 0.571. The molecule has 1 saturated carbocycles. The summed E-state index contributed by atoms with van der Waals surface area (Å²) in [6.07, 6.45) is 3.26. The van der Waals surface area contributed by atoms with Crippen molar-refractivity contribution in [2.24, 2.45) is 11.8 Å². The molecule has 0 bridgehead atoms. The fourth-order valence-electron chi connectivity index (χ4n) is 2.68. The number of benzene rings is 1. The van der Waals surface area contributed by atoms with Gasteiger partial charge in [-0.05, 0) is 42.4 Å². The van der Waals surface area contributed by atoms with Crippen molar-refractivity contribution in [1.29, 1.82) is 0 Å². The molecule has 2 heteroatoms. The minimum absolute atomic E-state index is 0.351. The first-order valence-electron chi connectivity index (χ1n) is 6.03. The fourth-order valence-corrected chi connectivity index (χ4v) is 2.87. The second-order valence-electron chi connectivity index (χ2n) is 5.03. The van der Waals surface area contributed by atoms with Crippen molar-refractivity contribution in [3.63, 3.8) is 0 Å². The second kappa shape index (κ2) is 4.77. The van der Waals surface area contributed by atoms with Gasteiger partial charge in [0.05, 0.1) is 6.10 Å². The van der Waals surface area contributed by atoms with E-state index in [0.717, 1.165) is 22.6 Å². The molecular formula is C14H19ClO. The molecule has 1 N–H and O–H groups in total. The summed E-state index contributed by atoms with van der Waals surface area (Å²) in [7, 11) is 0. The average Bonchev–Trinajstić information content (AvgIpc) is 2.67. The number of hydrogen-bond donors (Lipinski definition) is 1. The van der Waals surface area contributed by atoms with Gasteiger partial charge in [0, 0.05) is 5.02 Å². The highest BCUT2D eigenvalue weighted by Crippen LogP contribution is 2.40. The van der Waals surface area contributed by atoms with Crippen molar-refractivity contribution in [1.82, 2.24) is 0 Å². The first-order valence-corrected chi connectivity index (χ1v) is 6.41. The number of hydrogen-bond acceptors (Lipinski definition) is 1. The molecule has 1 aromatic carbocycles. The van der Waals surface area contributed by atoms with Crippen LogP contribution in [0.4, 0.5) is 0 Å². The number of aryl methyl sites for hydroxylation is 1. The first-order chi connectivity index (χ1) is 7.59. The summed E-state index contributed by atoms with van der Waals surface area (Å²) in [4.78, 5) is 0. The molecule has 0 amide bonds. The summed E-state index contributed by atoms with van der Waals surface area (Å²) < 4.78 is 0. The molecule has 0 saturated heterocycles. The van der Waals surface area contributed by atoms with E-state index in [4.69, 9.17) is 11.6 Å². The number of aliphatic hydroxyl groups excluding tert-OH is 1. The van der Waals surface area contributed by atoms with E-state index in [1.165, 1.54) is 12.8 Å². The Morgan fingerprint density at radius 3 is 2.69 bits per heavy atom. The van der Waals surface area contributed by atoms with Gasteiger partial charge in [0.25, 0.3) is 0 Å². The van der Waals surface area contributed by atoms with Crippen LogP contribution < -0.4 is 0 Å². The third-order valence-corrected chi connectivity index (χ3v) is 4.28. The highest BCUT2D eigenvalue weighted by atomic mass is 35.5. The highest BCUT2D eigenvalue weighted by molar-refractivity contribution is 6.31. The molecule has 1 aromatic rings. The van der Waals surface area contributed by atoms with E-state index in [0.29, 0.717) is 11.8 Å². The maximum atomic E-state index is 10.3. The van der Waals surface area contributed by atoms with Crippen molar-refractivity contribution in [2.45, 2.75) is 39.2 Å². The van der Waals surface area contributed by atoms with Crippen LogP contribution in [-0.2, 0) is 0 Å². The molecule has 0 aliphatic heterocycles. The van der Waals surface area contributed by atoms with Crippen molar-refractivity contribution in [3.8, 4) is 0 Å². The molecule has 1 fully saturated rings. The number of rotatable bonds is 2. The molecule has 0 radical (unpaired) electrons. The molecule has 3 unspecified atom stereocenters. The molecule has 0 spiro atoms. The lowest BCUT2D eigenvalue weighted by molar-refractivity contribution is 0.0900. The lowest BCUT2D eigenvalue weighted by Gasteiger charge is -2.22. The zero-order valence-corrected chi connectivity index (χ0v) is 10.7. The standard InChI is InChI=1S/C14H19ClO/c1-9-4-3-5-12(9)14(16)11-7-6-10(2)13(15)8-11/h6-9,12,14,16H,3-5H2,1-2H3. The van der Waals surface area contributed by atoms with E-state index in [-0.39, 0.29) is 6.10 Å². The van der Waals surface area contributed by atoms with Crippen LogP contribution in [0, 0.1) is 18.8 Å². The minimum Gasteiger partial charge on any atom is -0.388 e. The van der Waals surface area contributed by atoms with Gasteiger partial charge in [-0.15, -0.1) is 0 Å². The largest absolute Gasteiger partial charge is 0.388 e. The molecule has 3 atom stereocenters. The Labute approximate surface area is 102 Å². The molecule has 88 valence electrons. The van der Waals surface area contributed by atoms with Gasteiger partial charge in [0.1, 0.15) is 0 Å². The van der Waals surface area contributed by atoms with Crippen molar-refractivity contribution in [3.05, 3.63) is 34.3 Å². The summed E-state index contributed by atoms with van der Waals surface area (Å²) in [6, 6.07) is 5.89. The lowest BCUT2D eigenvalue weighted by Crippen LogP contribution is -2.15. The van der Waals surface area contributed by atoms with Crippen LogP contribution in [0.25, 0.3) is 0 Å². The molecule has 1 aliphatic rings. The van der Waals surface area contributed by atoms with Crippen molar-refractivity contribution >= 4 is 11.6 Å². The number of aliphatic hydroxyl groups is 1. The first kappa shape index (κ1) is 11.9. The Kier molecular flexibility index (Phi) is 3.56. The Balaban J connectivity index is 2.20. The van der Waals surface area contributed by atoms with Gasteiger partial charge in [-0.25, -0.2) is 0 Å². The summed E-state index contributed by atoms with van der Waals surface area (Å²) in [5, 5.41) is 11.1. The Hall–Kier alpha value is -0.530. The Morgan fingerprint density at radius 1 is 1.38 bits per heavy atom. The molecule has 16 heavy (non-hydrogen) atoms. The van der Waals surface area contributed by atoms with Gasteiger partial charge in [-0.1, -0.05) is 43.5 Å². The van der Waals surface area contributed by atoms with Crippen LogP contribution in [0.1, 0.15) is 43.4 Å². The summed E-state index contributed by atoms with van der Waals surface area (Å²) >= 11 is 6.09. The molecule has 0 heterocycles. The SMILES string of the molecule is Cc1ccc(C(O)C2CCCC2C)cc1Cl. The predicted molar refractivity (Wildman–Crippen MR) is 67.7 cm³/mol. The van der Waals surface area contributed by atoms with E-state index in [2.05, 4.69) is 6.92 Å². The molecule has 0 aromatic heterocycles. The minimum atomic E-state index is -0.351. The van der Waals surface area contributed by atoms with E-state index >= 15 is 0 Å². The van der Waals surface area contributed by atoms with Crippen molar-refractivity contribution in [2.75, 3.05) is 0 Å². The van der Waals surface area contributed by atoms with E-state index in [9.17, 15) is 5.11 Å². The lowest BCUT2D eigenvalue weighted by atomic mass is 9.88. The summed E-state index contributed by atoms with van der Waals surface area (Å²) in [5.41, 5.74) is 2.03. The highest BCUT2D eigenvalue weighted by Gasteiger charge is 2.30. The zero-order chi connectivity index (χ0) is 11.7. The second-order valence-corrected chi connectivity index (χ2v) is 5.43. The van der Waals surface area contributed by atoms with Gasteiger partial charge in [0.2, 0.25) is 0 Å². The normalized spacial score (nSPS) is 27.0. The zero-order valence-electron chi connectivity index (χ0n) is 9.91. The van der Waals surface area contributed by atoms with Gasteiger partial charge in [0.15, 0.2) is 0 Å². The third-order valence-electron chi connectivity index (χ3n) is 3.87. The molecular weight excluding hydrogens is 220 g/mol. The topological polar surface area (TPSA) is 20.2 Å². The Bertz CT molecular complexity index is 375. The van der Waals surface area contributed by atoms with Crippen LogP contribution in [0.2, 0.25) is 5.02 Å².